The molecule has 0 saturated carbocycles. The Morgan fingerprint density at radius 3 is 2.27 bits per heavy atom. The van der Waals surface area contributed by atoms with Gasteiger partial charge < -0.3 is 5.32 Å². The molecule has 2 rings (SSSR count). The number of nitrogens with zero attached hydrogens (tertiary/aromatic N) is 1. The molecule has 1 aromatic carbocycles. The van der Waals surface area contributed by atoms with Crippen molar-refractivity contribution < 1.29 is 8.78 Å². The minimum Gasteiger partial charge on any atom is -0.314 e. The molecular formula is C16H24Cl2F2N2. The van der Waals surface area contributed by atoms with Crippen LogP contribution < -0.4 is 5.32 Å². The standard InChI is InChI=1S/C16H23ClF2N2.ClH/c1-3-4-11(2)16(21-7-5-20-6-8-21)15-13(18)9-12(17)10-14(15)19;/h9-11,16,20H,3-8H2,1-2H3;1H/t11?,16-;/m0./s1. The first-order chi connectivity index (χ1) is 10.0. The maximum absolute atomic E-state index is 14.4. The van der Waals surface area contributed by atoms with Gasteiger partial charge in [0.1, 0.15) is 11.6 Å². The lowest BCUT2D eigenvalue weighted by Gasteiger charge is -2.39. The molecule has 1 unspecified atom stereocenters. The zero-order valence-corrected chi connectivity index (χ0v) is 14.6. The van der Waals surface area contributed by atoms with Crippen LogP contribution in [0, 0.1) is 17.6 Å². The van der Waals surface area contributed by atoms with Crippen LogP contribution in [0.25, 0.3) is 0 Å². The monoisotopic (exact) mass is 352 g/mol. The van der Waals surface area contributed by atoms with Crippen LogP contribution in [-0.2, 0) is 0 Å². The smallest absolute Gasteiger partial charge is 0.132 e. The Bertz CT molecular complexity index is 456. The second kappa shape index (κ2) is 9.02. The Kier molecular flexibility index (Phi) is 8.04. The van der Waals surface area contributed by atoms with Crippen LogP contribution in [0.3, 0.4) is 0 Å². The number of halogens is 4. The van der Waals surface area contributed by atoms with Crippen molar-refractivity contribution >= 4 is 24.0 Å². The maximum Gasteiger partial charge on any atom is 0.132 e. The third kappa shape index (κ3) is 4.54. The Labute approximate surface area is 142 Å². The van der Waals surface area contributed by atoms with Crippen molar-refractivity contribution in [3.8, 4) is 0 Å². The van der Waals surface area contributed by atoms with Gasteiger partial charge >= 0.3 is 0 Å². The second-order valence-electron chi connectivity index (χ2n) is 5.78. The van der Waals surface area contributed by atoms with Crippen molar-refractivity contribution in [3.05, 3.63) is 34.4 Å². The highest BCUT2D eigenvalue weighted by Crippen LogP contribution is 2.36. The van der Waals surface area contributed by atoms with Gasteiger partial charge in [0.2, 0.25) is 0 Å². The molecule has 2 atom stereocenters. The van der Waals surface area contributed by atoms with E-state index in [4.69, 9.17) is 11.6 Å². The predicted octanol–water partition coefficient (Wildman–Crippen LogP) is 4.42. The Morgan fingerprint density at radius 1 is 1.23 bits per heavy atom. The summed E-state index contributed by atoms with van der Waals surface area (Å²) in [6.07, 6.45) is 1.94. The molecule has 126 valence electrons. The zero-order valence-electron chi connectivity index (χ0n) is 13.0. The molecule has 22 heavy (non-hydrogen) atoms. The van der Waals surface area contributed by atoms with E-state index in [2.05, 4.69) is 24.1 Å². The summed E-state index contributed by atoms with van der Waals surface area (Å²) in [7, 11) is 0. The Morgan fingerprint density at radius 2 is 1.77 bits per heavy atom. The van der Waals surface area contributed by atoms with Crippen molar-refractivity contribution in [2.45, 2.75) is 32.7 Å². The van der Waals surface area contributed by atoms with Gasteiger partial charge in [-0.15, -0.1) is 12.4 Å². The molecule has 1 aliphatic rings. The van der Waals surface area contributed by atoms with Gasteiger partial charge in [0.25, 0.3) is 0 Å². The van der Waals surface area contributed by atoms with Gasteiger partial charge in [-0.1, -0.05) is 31.9 Å². The van der Waals surface area contributed by atoms with Crippen LogP contribution in [0.1, 0.15) is 38.3 Å². The maximum atomic E-state index is 14.4. The number of nitrogens with one attached hydrogen (secondary N) is 1. The van der Waals surface area contributed by atoms with Gasteiger partial charge in [-0.3, -0.25) is 4.90 Å². The van der Waals surface area contributed by atoms with Crippen LogP contribution in [0.5, 0.6) is 0 Å². The van der Waals surface area contributed by atoms with Crippen LogP contribution >= 0.6 is 24.0 Å². The third-order valence-corrected chi connectivity index (χ3v) is 4.39. The van der Waals surface area contributed by atoms with Crippen LogP contribution in [0.2, 0.25) is 5.02 Å². The molecule has 1 saturated heterocycles. The largest absolute Gasteiger partial charge is 0.314 e. The van der Waals surface area contributed by atoms with Crippen LogP contribution in [0.15, 0.2) is 12.1 Å². The van der Waals surface area contributed by atoms with E-state index in [1.54, 1.807) is 0 Å². The topological polar surface area (TPSA) is 15.3 Å². The van der Waals surface area contributed by atoms with Gasteiger partial charge in [-0.05, 0) is 24.5 Å². The Hall–Kier alpha value is -0.420. The van der Waals surface area contributed by atoms with Gasteiger partial charge in [-0.25, -0.2) is 8.78 Å². The van der Waals surface area contributed by atoms with E-state index in [0.29, 0.717) is 0 Å². The molecule has 0 radical (unpaired) electrons. The average molecular weight is 353 g/mol. The fourth-order valence-corrected chi connectivity index (χ4v) is 3.43. The highest BCUT2D eigenvalue weighted by Gasteiger charge is 2.31. The Balaban J connectivity index is 0.00000242. The molecule has 1 fully saturated rings. The molecule has 0 amide bonds. The van der Waals surface area contributed by atoms with Gasteiger partial charge in [0.15, 0.2) is 0 Å². The SMILES string of the molecule is CCCC(C)[C@@H](c1c(F)cc(Cl)cc1F)N1CCNCC1.Cl. The first-order valence-corrected chi connectivity index (χ1v) is 8.01. The molecule has 2 nitrogen and oxygen atoms in total. The third-order valence-electron chi connectivity index (χ3n) is 4.17. The first-order valence-electron chi connectivity index (χ1n) is 7.63. The molecule has 0 spiro atoms. The van der Waals surface area contributed by atoms with E-state index in [0.717, 1.165) is 39.0 Å². The van der Waals surface area contributed by atoms with Crippen molar-refractivity contribution in [2.24, 2.45) is 5.92 Å². The van der Waals surface area contributed by atoms with Crippen LogP contribution in [0.4, 0.5) is 8.78 Å². The lowest BCUT2D eigenvalue weighted by atomic mass is 9.88. The lowest BCUT2D eigenvalue weighted by molar-refractivity contribution is 0.120. The fourth-order valence-electron chi connectivity index (χ4n) is 3.24. The van der Waals surface area contributed by atoms with Crippen molar-refractivity contribution in [2.75, 3.05) is 26.2 Å². The highest BCUT2D eigenvalue weighted by molar-refractivity contribution is 6.30. The summed E-state index contributed by atoms with van der Waals surface area (Å²) in [5.74, 6) is -0.878. The quantitative estimate of drug-likeness (QED) is 0.843. The summed E-state index contributed by atoms with van der Waals surface area (Å²) >= 11 is 5.75. The summed E-state index contributed by atoms with van der Waals surface area (Å²) in [4.78, 5) is 2.19. The minimum atomic E-state index is -0.536. The molecular weight excluding hydrogens is 329 g/mol. The van der Waals surface area contributed by atoms with Gasteiger partial charge in [0, 0.05) is 42.8 Å². The molecule has 1 aromatic rings. The van der Waals surface area contributed by atoms with Crippen molar-refractivity contribution in [3.63, 3.8) is 0 Å². The summed E-state index contributed by atoms with van der Waals surface area (Å²) in [6, 6.07) is 2.20. The molecule has 1 N–H and O–H groups in total. The number of rotatable bonds is 5. The fraction of sp³-hybridized carbons (Fsp3) is 0.625. The second-order valence-corrected chi connectivity index (χ2v) is 6.22. The van der Waals surface area contributed by atoms with Crippen molar-refractivity contribution in [1.29, 1.82) is 0 Å². The number of hydrogen-bond donors (Lipinski definition) is 1. The van der Waals surface area contributed by atoms with E-state index >= 15 is 0 Å². The number of piperazine rings is 1. The van der Waals surface area contributed by atoms with E-state index in [9.17, 15) is 8.78 Å². The summed E-state index contributed by atoms with van der Waals surface area (Å²) in [6.45, 7) is 7.49. The van der Waals surface area contributed by atoms with Gasteiger partial charge in [0.05, 0.1) is 0 Å². The zero-order chi connectivity index (χ0) is 15.4. The number of hydrogen-bond acceptors (Lipinski definition) is 2. The summed E-state index contributed by atoms with van der Waals surface area (Å²) in [5, 5.41) is 3.39. The average Bonchev–Trinajstić information content (AvgIpc) is 2.43. The van der Waals surface area contributed by atoms with E-state index in [-0.39, 0.29) is 35.0 Å². The molecule has 6 heteroatoms. The normalized spacial score (nSPS) is 18.6. The van der Waals surface area contributed by atoms with Crippen LogP contribution in [-0.4, -0.2) is 31.1 Å². The number of benzene rings is 1. The molecule has 1 aliphatic heterocycles. The first kappa shape index (κ1) is 19.6. The molecule has 0 bridgehead atoms. The summed E-state index contributed by atoms with van der Waals surface area (Å²) in [5.41, 5.74) is 0.169. The van der Waals surface area contributed by atoms with Crippen molar-refractivity contribution in [1.82, 2.24) is 10.2 Å². The lowest BCUT2D eigenvalue weighted by Crippen LogP contribution is -2.47. The van der Waals surface area contributed by atoms with Gasteiger partial charge in [-0.2, -0.15) is 0 Å². The highest BCUT2D eigenvalue weighted by atomic mass is 35.5. The summed E-state index contributed by atoms with van der Waals surface area (Å²) < 4.78 is 28.7. The van der Waals surface area contributed by atoms with E-state index in [1.807, 2.05) is 0 Å². The van der Waals surface area contributed by atoms with E-state index < -0.39 is 11.6 Å². The molecule has 0 aromatic heterocycles. The molecule has 0 aliphatic carbocycles. The molecule has 1 heterocycles. The minimum absolute atomic E-state index is 0. The predicted molar refractivity (Wildman–Crippen MR) is 89.9 cm³/mol. The van der Waals surface area contributed by atoms with E-state index in [1.165, 1.54) is 12.1 Å².